The van der Waals surface area contributed by atoms with E-state index in [1.165, 1.54) is 6.33 Å². The number of rotatable bonds is 5. The third-order valence-electron chi connectivity index (χ3n) is 2.48. The molecule has 0 unspecified atom stereocenters. The highest BCUT2D eigenvalue weighted by Gasteiger charge is 2.08. The zero-order valence-corrected chi connectivity index (χ0v) is 10.5. The van der Waals surface area contributed by atoms with Crippen molar-refractivity contribution in [3.05, 3.63) is 35.5 Å². The molecule has 0 aliphatic rings. The maximum Gasteiger partial charge on any atom is 0.251 e. The number of aromatic amines is 1. The monoisotopic (exact) mass is 261 g/mol. The van der Waals surface area contributed by atoms with Crippen LogP contribution in [0.5, 0.6) is 0 Å². The van der Waals surface area contributed by atoms with Gasteiger partial charge in [-0.05, 0) is 19.1 Å². The molecule has 0 saturated carbocycles. The van der Waals surface area contributed by atoms with E-state index in [9.17, 15) is 4.79 Å². The van der Waals surface area contributed by atoms with Crippen molar-refractivity contribution in [2.45, 2.75) is 13.3 Å². The Balaban J connectivity index is 1.94. The number of aryl methyl sites for hydroxylation is 1. The van der Waals surface area contributed by atoms with Gasteiger partial charge in [0, 0.05) is 24.2 Å². The molecule has 1 amide bonds. The van der Waals surface area contributed by atoms with Crippen LogP contribution in [0.1, 0.15) is 21.9 Å². The van der Waals surface area contributed by atoms with Crippen LogP contribution in [0.25, 0.3) is 0 Å². The maximum atomic E-state index is 11.9. The molecule has 0 aliphatic heterocycles. The van der Waals surface area contributed by atoms with Crippen LogP contribution in [0.4, 0.5) is 5.82 Å². The van der Waals surface area contributed by atoms with Gasteiger partial charge >= 0.3 is 0 Å². The first kappa shape index (κ1) is 13.0. The van der Waals surface area contributed by atoms with Gasteiger partial charge in [-0.15, -0.1) is 0 Å². The van der Waals surface area contributed by atoms with E-state index in [2.05, 4.69) is 30.9 Å². The molecule has 8 heteroatoms. The van der Waals surface area contributed by atoms with Crippen molar-refractivity contribution < 1.29 is 4.79 Å². The largest absolute Gasteiger partial charge is 0.352 e. The highest BCUT2D eigenvalue weighted by Crippen LogP contribution is 2.08. The van der Waals surface area contributed by atoms with Crippen LogP contribution in [0.15, 0.2) is 18.5 Å². The van der Waals surface area contributed by atoms with Crippen molar-refractivity contribution in [2.75, 3.05) is 12.0 Å². The Bertz CT molecular complexity index is 552. The molecule has 19 heavy (non-hydrogen) atoms. The van der Waals surface area contributed by atoms with Gasteiger partial charge in [0.05, 0.1) is 0 Å². The Hall–Kier alpha value is -2.48. The number of nitrogen functional groups attached to an aromatic ring is 1. The second-order valence-corrected chi connectivity index (χ2v) is 3.96. The molecule has 5 N–H and O–H groups in total. The van der Waals surface area contributed by atoms with Crippen molar-refractivity contribution >= 4 is 11.7 Å². The quantitative estimate of drug-likeness (QED) is 0.435. The minimum Gasteiger partial charge on any atom is -0.352 e. The SMILES string of the molecule is Cc1cc(C(=O)NCCc2ncn[nH]2)cc(NN)n1. The molecule has 100 valence electrons. The number of nitrogens with two attached hydrogens (primary N) is 1. The number of aromatic nitrogens is 4. The summed E-state index contributed by atoms with van der Waals surface area (Å²) in [5.74, 6) is 6.30. The van der Waals surface area contributed by atoms with E-state index in [1.807, 2.05) is 0 Å². The van der Waals surface area contributed by atoms with E-state index in [-0.39, 0.29) is 5.91 Å². The number of nitrogens with zero attached hydrogens (tertiary/aromatic N) is 3. The van der Waals surface area contributed by atoms with Crippen molar-refractivity contribution in [3.63, 3.8) is 0 Å². The van der Waals surface area contributed by atoms with Crippen LogP contribution in [0.3, 0.4) is 0 Å². The van der Waals surface area contributed by atoms with E-state index in [1.54, 1.807) is 19.1 Å². The van der Waals surface area contributed by atoms with E-state index in [4.69, 9.17) is 5.84 Å². The van der Waals surface area contributed by atoms with Gasteiger partial charge in [0.2, 0.25) is 0 Å². The van der Waals surface area contributed by atoms with Gasteiger partial charge < -0.3 is 10.7 Å². The summed E-state index contributed by atoms with van der Waals surface area (Å²) in [7, 11) is 0. The van der Waals surface area contributed by atoms with Gasteiger partial charge in [-0.25, -0.2) is 15.8 Å². The molecule has 2 heterocycles. The molecule has 2 aromatic heterocycles. The Morgan fingerprint density at radius 1 is 1.47 bits per heavy atom. The molecule has 0 fully saturated rings. The second kappa shape index (κ2) is 5.91. The molecule has 2 rings (SSSR count). The summed E-state index contributed by atoms with van der Waals surface area (Å²) in [5, 5.41) is 9.25. The minimum atomic E-state index is -0.179. The second-order valence-electron chi connectivity index (χ2n) is 3.96. The number of hydrazine groups is 1. The van der Waals surface area contributed by atoms with Gasteiger partial charge in [0.15, 0.2) is 0 Å². The summed E-state index contributed by atoms with van der Waals surface area (Å²) in [6.45, 7) is 2.27. The number of hydrogen-bond acceptors (Lipinski definition) is 6. The van der Waals surface area contributed by atoms with Gasteiger partial charge in [0.25, 0.3) is 5.91 Å². The highest BCUT2D eigenvalue weighted by atomic mass is 16.1. The molecule has 0 spiro atoms. The Morgan fingerprint density at radius 2 is 2.32 bits per heavy atom. The molecule has 2 aromatic rings. The normalized spacial score (nSPS) is 10.2. The number of anilines is 1. The number of pyridine rings is 1. The van der Waals surface area contributed by atoms with Crippen molar-refractivity contribution in [1.82, 2.24) is 25.5 Å². The molecule has 0 atom stereocenters. The molecule has 0 saturated heterocycles. The average Bonchev–Trinajstić information content (AvgIpc) is 2.91. The number of nitrogens with one attached hydrogen (secondary N) is 3. The Morgan fingerprint density at radius 3 is 3.00 bits per heavy atom. The maximum absolute atomic E-state index is 11.9. The zero-order valence-electron chi connectivity index (χ0n) is 10.5. The number of amides is 1. The number of carbonyl (C=O) groups is 1. The van der Waals surface area contributed by atoms with E-state index >= 15 is 0 Å². The van der Waals surface area contributed by atoms with Crippen LogP contribution in [0, 0.1) is 6.92 Å². The van der Waals surface area contributed by atoms with Crippen molar-refractivity contribution in [1.29, 1.82) is 0 Å². The summed E-state index contributed by atoms with van der Waals surface area (Å²) < 4.78 is 0. The lowest BCUT2D eigenvalue weighted by molar-refractivity contribution is 0.0954. The standard InChI is InChI=1S/C11H15N7O/c1-7-4-8(5-10(16-7)17-12)11(19)13-3-2-9-14-6-15-18-9/h4-6H,2-3,12H2,1H3,(H,13,19)(H,16,17)(H,14,15,18). The van der Waals surface area contributed by atoms with Crippen molar-refractivity contribution in [2.24, 2.45) is 5.84 Å². The molecule has 0 aromatic carbocycles. The lowest BCUT2D eigenvalue weighted by Gasteiger charge is -2.07. The van der Waals surface area contributed by atoms with Gasteiger partial charge in [0.1, 0.15) is 18.0 Å². The predicted octanol–water partition coefficient (Wildman–Crippen LogP) is -0.234. The third-order valence-corrected chi connectivity index (χ3v) is 2.48. The predicted molar refractivity (Wildman–Crippen MR) is 69.2 cm³/mol. The summed E-state index contributed by atoms with van der Waals surface area (Å²) >= 11 is 0. The fourth-order valence-electron chi connectivity index (χ4n) is 1.62. The summed E-state index contributed by atoms with van der Waals surface area (Å²) in [6.07, 6.45) is 2.03. The van der Waals surface area contributed by atoms with Gasteiger partial charge in [-0.3, -0.25) is 9.89 Å². The topological polar surface area (TPSA) is 122 Å². The van der Waals surface area contributed by atoms with E-state index in [0.717, 1.165) is 11.5 Å². The number of hydrogen-bond donors (Lipinski definition) is 4. The van der Waals surface area contributed by atoms with E-state index < -0.39 is 0 Å². The summed E-state index contributed by atoms with van der Waals surface area (Å²) in [5.41, 5.74) is 3.66. The molecular weight excluding hydrogens is 246 g/mol. The summed E-state index contributed by atoms with van der Waals surface area (Å²) in [6, 6.07) is 3.29. The van der Waals surface area contributed by atoms with E-state index in [0.29, 0.717) is 24.3 Å². The molecular formula is C11H15N7O. The highest BCUT2D eigenvalue weighted by molar-refractivity contribution is 5.94. The smallest absolute Gasteiger partial charge is 0.251 e. The third kappa shape index (κ3) is 3.49. The lowest BCUT2D eigenvalue weighted by atomic mass is 10.2. The van der Waals surface area contributed by atoms with Gasteiger partial charge in [-0.2, -0.15) is 5.10 Å². The van der Waals surface area contributed by atoms with Crippen molar-refractivity contribution in [3.8, 4) is 0 Å². The average molecular weight is 261 g/mol. The molecule has 0 aliphatic carbocycles. The van der Waals surface area contributed by atoms with Crippen LogP contribution >= 0.6 is 0 Å². The van der Waals surface area contributed by atoms with Crippen LogP contribution in [0.2, 0.25) is 0 Å². The molecule has 0 bridgehead atoms. The Labute approximate surface area is 109 Å². The van der Waals surface area contributed by atoms with Crippen LogP contribution in [-0.4, -0.2) is 32.6 Å². The molecule has 8 nitrogen and oxygen atoms in total. The molecule has 0 radical (unpaired) electrons. The fraction of sp³-hybridized carbons (Fsp3) is 0.273. The fourth-order valence-corrected chi connectivity index (χ4v) is 1.62. The first-order chi connectivity index (χ1) is 9.19. The number of carbonyl (C=O) groups excluding carboxylic acids is 1. The Kier molecular flexibility index (Phi) is 4.04. The zero-order chi connectivity index (χ0) is 13.7. The first-order valence-electron chi connectivity index (χ1n) is 5.77. The first-order valence-corrected chi connectivity index (χ1v) is 5.77. The number of H-pyrrole nitrogens is 1. The minimum absolute atomic E-state index is 0.179. The van der Waals surface area contributed by atoms with Gasteiger partial charge in [-0.1, -0.05) is 0 Å². The summed E-state index contributed by atoms with van der Waals surface area (Å²) in [4.78, 5) is 20.0. The van der Waals surface area contributed by atoms with Crippen LogP contribution < -0.4 is 16.6 Å². The van der Waals surface area contributed by atoms with Crippen LogP contribution in [-0.2, 0) is 6.42 Å². The lowest BCUT2D eigenvalue weighted by Crippen LogP contribution is -2.26.